The van der Waals surface area contributed by atoms with Crippen molar-refractivity contribution in [2.75, 3.05) is 0 Å². The molecule has 0 aromatic heterocycles. The van der Waals surface area contributed by atoms with Gasteiger partial charge in [-0.3, -0.25) is 0 Å². The quantitative estimate of drug-likeness (QED) is 0.585. The summed E-state index contributed by atoms with van der Waals surface area (Å²) in [4.78, 5) is 0. The molecule has 0 fully saturated rings. The zero-order valence-electron chi connectivity index (χ0n) is 12.7. The van der Waals surface area contributed by atoms with Crippen molar-refractivity contribution in [3.63, 3.8) is 0 Å². The van der Waals surface area contributed by atoms with Gasteiger partial charge in [-0.1, -0.05) is 81.9 Å². The number of hydrogen-bond acceptors (Lipinski definition) is 0. The first-order valence-corrected chi connectivity index (χ1v) is 8.45. The smallest absolute Gasteiger partial charge is 0.0178 e. The summed E-state index contributed by atoms with van der Waals surface area (Å²) in [5.74, 6) is 0. The Labute approximate surface area is 134 Å². The average Bonchev–Trinajstić information content (AvgIpc) is 2.55. The fraction of sp³-hybridized carbons (Fsp3) is 0.0476. The molecule has 0 radical (unpaired) electrons. The van der Waals surface area contributed by atoms with E-state index in [-0.39, 0.29) is 0 Å². The summed E-state index contributed by atoms with van der Waals surface area (Å²) in [7, 11) is 0.670. The Kier molecular flexibility index (Phi) is 4.51. The van der Waals surface area contributed by atoms with Gasteiger partial charge in [-0.2, -0.15) is 0 Å². The van der Waals surface area contributed by atoms with Crippen molar-refractivity contribution >= 4 is 42.1 Å². The second-order valence-electron chi connectivity index (χ2n) is 5.23. The van der Waals surface area contributed by atoms with Gasteiger partial charge in [-0.05, 0) is 51.6 Å². The lowest BCUT2D eigenvalue weighted by atomic mass is 10.1. The Morgan fingerprint density at radius 1 is 0.818 bits per heavy atom. The van der Waals surface area contributed by atoms with E-state index in [9.17, 15) is 0 Å². The number of allylic oxidation sites excluding steroid dienone is 1. The minimum atomic E-state index is 0.670. The zero-order chi connectivity index (χ0) is 15.4. The molecule has 1 atom stereocenters. The van der Waals surface area contributed by atoms with Crippen molar-refractivity contribution in [3.8, 4) is 0 Å². The van der Waals surface area contributed by atoms with Gasteiger partial charge in [0.2, 0.25) is 0 Å². The number of hydrogen-bond donors (Lipinski definition) is 0. The maximum absolute atomic E-state index is 3.89. The molecule has 3 aromatic rings. The molecule has 1 heteroatoms. The summed E-state index contributed by atoms with van der Waals surface area (Å²) in [6, 6.07) is 21.9. The van der Waals surface area contributed by atoms with Crippen LogP contribution in [0, 0.1) is 0 Å². The van der Waals surface area contributed by atoms with Crippen molar-refractivity contribution in [1.29, 1.82) is 0 Å². The molecule has 0 nitrogen and oxygen atoms in total. The van der Waals surface area contributed by atoms with Crippen molar-refractivity contribution < 1.29 is 0 Å². The van der Waals surface area contributed by atoms with Gasteiger partial charge in [0.1, 0.15) is 0 Å². The fourth-order valence-electron chi connectivity index (χ4n) is 2.60. The van der Waals surface area contributed by atoms with Crippen molar-refractivity contribution in [2.45, 2.75) is 6.92 Å². The van der Waals surface area contributed by atoms with E-state index in [1.807, 2.05) is 13.0 Å². The van der Waals surface area contributed by atoms with E-state index >= 15 is 0 Å². The molecular weight excluding hydrogens is 283 g/mol. The molecule has 0 bridgehead atoms. The van der Waals surface area contributed by atoms with Gasteiger partial charge in [-0.15, -0.1) is 0 Å². The van der Waals surface area contributed by atoms with Crippen molar-refractivity contribution in [1.82, 2.24) is 0 Å². The monoisotopic (exact) mass is 302 g/mol. The minimum Gasteiger partial charge on any atom is -0.0984 e. The van der Waals surface area contributed by atoms with E-state index in [0.717, 1.165) is 0 Å². The van der Waals surface area contributed by atoms with Crippen LogP contribution in [0.15, 0.2) is 73.3 Å². The standard InChI is InChI=1S/C21H19P/c1-3-7-18-14-20(12-10-16(18)4-2)22-21-13-11-17-8-5-6-9-19(17)15-21/h3-15,22H,2H2,1H3/b7-3-. The molecule has 3 rings (SSSR count). The van der Waals surface area contributed by atoms with Crippen LogP contribution in [0.25, 0.3) is 22.9 Å². The van der Waals surface area contributed by atoms with Gasteiger partial charge in [0.15, 0.2) is 0 Å². The molecule has 0 spiro atoms. The number of benzene rings is 3. The van der Waals surface area contributed by atoms with Gasteiger partial charge in [0, 0.05) is 0 Å². The summed E-state index contributed by atoms with van der Waals surface area (Å²) in [5.41, 5.74) is 2.42. The Morgan fingerprint density at radius 3 is 2.32 bits per heavy atom. The van der Waals surface area contributed by atoms with Crippen LogP contribution in [0.1, 0.15) is 18.1 Å². The second-order valence-corrected chi connectivity index (χ2v) is 6.64. The molecular formula is C21H19P. The lowest BCUT2D eigenvalue weighted by Gasteiger charge is -2.08. The maximum atomic E-state index is 3.89. The topological polar surface area (TPSA) is 0 Å². The van der Waals surface area contributed by atoms with Crippen LogP contribution in [0.3, 0.4) is 0 Å². The highest BCUT2D eigenvalue weighted by Gasteiger charge is 2.02. The van der Waals surface area contributed by atoms with Crippen LogP contribution < -0.4 is 10.6 Å². The molecule has 0 amide bonds. The molecule has 108 valence electrons. The Bertz CT molecular complexity index is 843. The first-order valence-electron chi connectivity index (χ1n) is 7.45. The highest BCUT2D eigenvalue weighted by Crippen LogP contribution is 2.19. The molecule has 0 N–H and O–H groups in total. The third kappa shape index (κ3) is 3.18. The lowest BCUT2D eigenvalue weighted by Crippen LogP contribution is -2.04. The van der Waals surface area contributed by atoms with Crippen molar-refractivity contribution in [3.05, 3.63) is 84.4 Å². The second kappa shape index (κ2) is 6.73. The fourth-order valence-corrected chi connectivity index (χ4v) is 3.72. The van der Waals surface area contributed by atoms with E-state index in [1.165, 1.54) is 32.5 Å². The molecule has 0 saturated heterocycles. The summed E-state index contributed by atoms with van der Waals surface area (Å²) in [6.07, 6.45) is 6.13. The van der Waals surface area contributed by atoms with Crippen LogP contribution in [0.2, 0.25) is 0 Å². The third-order valence-electron chi connectivity index (χ3n) is 3.69. The van der Waals surface area contributed by atoms with Crippen LogP contribution in [-0.4, -0.2) is 0 Å². The number of rotatable bonds is 4. The minimum absolute atomic E-state index is 0.670. The van der Waals surface area contributed by atoms with E-state index in [0.29, 0.717) is 8.58 Å². The molecule has 0 aliphatic rings. The molecule has 0 aliphatic heterocycles. The summed E-state index contributed by atoms with van der Waals surface area (Å²) < 4.78 is 0. The Hall–Kier alpha value is -2.17. The lowest BCUT2D eigenvalue weighted by molar-refractivity contribution is 1.64. The Morgan fingerprint density at radius 2 is 1.55 bits per heavy atom. The van der Waals surface area contributed by atoms with Crippen LogP contribution in [-0.2, 0) is 0 Å². The SMILES string of the molecule is C=Cc1ccc(Pc2ccc3ccccc3c2)cc1/C=C\C. The normalized spacial score (nSPS) is 11.7. The van der Waals surface area contributed by atoms with Gasteiger partial charge in [0.25, 0.3) is 0 Å². The maximum Gasteiger partial charge on any atom is -0.0178 e. The Balaban J connectivity index is 1.94. The predicted octanol–water partition coefficient (Wildman–Crippen LogP) is 5.15. The highest BCUT2D eigenvalue weighted by atomic mass is 31.1. The van der Waals surface area contributed by atoms with Gasteiger partial charge in [0.05, 0.1) is 0 Å². The summed E-state index contributed by atoms with van der Waals surface area (Å²) in [6.45, 7) is 5.94. The molecule has 0 aliphatic carbocycles. The molecule has 1 unspecified atom stereocenters. The van der Waals surface area contributed by atoms with Gasteiger partial charge >= 0.3 is 0 Å². The molecule has 0 saturated carbocycles. The van der Waals surface area contributed by atoms with E-state index in [4.69, 9.17) is 0 Å². The van der Waals surface area contributed by atoms with Crippen LogP contribution >= 0.6 is 8.58 Å². The third-order valence-corrected chi connectivity index (χ3v) is 4.89. The van der Waals surface area contributed by atoms with Gasteiger partial charge < -0.3 is 0 Å². The number of fused-ring (bicyclic) bond motifs is 1. The summed E-state index contributed by atoms with van der Waals surface area (Å²) in [5, 5.41) is 5.34. The molecule has 0 heterocycles. The van der Waals surface area contributed by atoms with Crippen LogP contribution in [0.4, 0.5) is 0 Å². The van der Waals surface area contributed by atoms with E-state index in [1.54, 1.807) is 0 Å². The van der Waals surface area contributed by atoms with E-state index in [2.05, 4.69) is 79.4 Å². The first kappa shape index (κ1) is 14.8. The predicted molar refractivity (Wildman–Crippen MR) is 103 cm³/mol. The average molecular weight is 302 g/mol. The molecule has 22 heavy (non-hydrogen) atoms. The highest BCUT2D eigenvalue weighted by molar-refractivity contribution is 7.55. The van der Waals surface area contributed by atoms with Crippen LogP contribution in [0.5, 0.6) is 0 Å². The largest absolute Gasteiger partial charge is 0.0984 e. The van der Waals surface area contributed by atoms with Gasteiger partial charge in [-0.25, -0.2) is 0 Å². The molecule has 3 aromatic carbocycles. The van der Waals surface area contributed by atoms with E-state index < -0.39 is 0 Å². The summed E-state index contributed by atoms with van der Waals surface area (Å²) >= 11 is 0. The zero-order valence-corrected chi connectivity index (χ0v) is 13.7. The first-order chi connectivity index (χ1) is 10.8. The van der Waals surface area contributed by atoms with Crippen molar-refractivity contribution in [2.24, 2.45) is 0 Å².